The molecule has 2 N–H and O–H groups in total. The number of aliphatic hydroxyl groups excluding tert-OH is 1. The number of carbonyl (C=O) groups excluding carboxylic acids is 1. The summed E-state index contributed by atoms with van der Waals surface area (Å²) in [5.74, 6) is 5.01. The number of carbonyl (C=O) groups is 1. The molecule has 1 amide bonds. The Labute approximate surface area is 127 Å². The first-order valence-corrected chi connectivity index (χ1v) is 7.20. The molecule has 0 aliphatic rings. The molecule has 0 aliphatic carbocycles. The van der Waals surface area contributed by atoms with Crippen LogP contribution in [0.4, 0.5) is 0 Å². The van der Waals surface area contributed by atoms with E-state index in [1.165, 1.54) is 12.4 Å². The first kappa shape index (κ1) is 15.2. The van der Waals surface area contributed by atoms with Crippen molar-refractivity contribution in [1.82, 2.24) is 15.3 Å². The zero-order valence-corrected chi connectivity index (χ0v) is 12.6. The maximum Gasteiger partial charge on any atom is 0.253 e. The van der Waals surface area contributed by atoms with Gasteiger partial charge in [0.25, 0.3) is 5.91 Å². The Morgan fingerprint density at radius 2 is 2.33 bits per heavy atom. The molecule has 5 nitrogen and oxygen atoms in total. The van der Waals surface area contributed by atoms with E-state index in [4.69, 9.17) is 5.11 Å². The SMILES string of the molecule is Cc1cnc(C(C)NC(=O)c2ccncc2C#CCO)s1. The summed E-state index contributed by atoms with van der Waals surface area (Å²) in [5, 5.41) is 12.5. The molecule has 0 saturated carbocycles. The Bertz CT molecular complexity index is 700. The number of aromatic nitrogens is 2. The Morgan fingerprint density at radius 3 is 3.00 bits per heavy atom. The summed E-state index contributed by atoms with van der Waals surface area (Å²) in [5.41, 5.74) is 0.928. The Balaban J connectivity index is 2.17. The predicted molar refractivity (Wildman–Crippen MR) is 80.9 cm³/mol. The van der Waals surface area contributed by atoms with E-state index < -0.39 is 0 Å². The minimum atomic E-state index is -0.259. The van der Waals surface area contributed by atoms with E-state index in [0.717, 1.165) is 9.88 Å². The van der Waals surface area contributed by atoms with Crippen LogP contribution in [0.3, 0.4) is 0 Å². The molecule has 2 rings (SSSR count). The highest BCUT2D eigenvalue weighted by Crippen LogP contribution is 2.19. The third-order valence-electron chi connectivity index (χ3n) is 2.72. The number of aliphatic hydroxyl groups is 1. The quantitative estimate of drug-likeness (QED) is 0.846. The topological polar surface area (TPSA) is 75.1 Å². The number of aryl methyl sites for hydroxylation is 1. The lowest BCUT2D eigenvalue weighted by Crippen LogP contribution is -2.27. The second kappa shape index (κ2) is 6.97. The van der Waals surface area contributed by atoms with Crippen LogP contribution < -0.4 is 5.32 Å². The molecule has 0 fully saturated rings. The maximum absolute atomic E-state index is 12.3. The smallest absolute Gasteiger partial charge is 0.253 e. The van der Waals surface area contributed by atoms with Crippen molar-refractivity contribution in [2.24, 2.45) is 0 Å². The number of pyridine rings is 1. The van der Waals surface area contributed by atoms with Crippen molar-refractivity contribution in [2.75, 3.05) is 6.61 Å². The van der Waals surface area contributed by atoms with Gasteiger partial charge in [-0.3, -0.25) is 9.78 Å². The molecule has 108 valence electrons. The number of amides is 1. The van der Waals surface area contributed by atoms with Crippen molar-refractivity contribution in [2.45, 2.75) is 19.9 Å². The molecular formula is C15H15N3O2S. The number of hydrogen-bond donors (Lipinski definition) is 2. The molecule has 0 aliphatic heterocycles. The van der Waals surface area contributed by atoms with Crippen molar-refractivity contribution in [3.05, 3.63) is 45.7 Å². The minimum Gasteiger partial charge on any atom is -0.384 e. The van der Waals surface area contributed by atoms with Gasteiger partial charge in [0, 0.05) is 23.5 Å². The summed E-state index contributed by atoms with van der Waals surface area (Å²) in [6.45, 7) is 3.60. The summed E-state index contributed by atoms with van der Waals surface area (Å²) in [7, 11) is 0. The van der Waals surface area contributed by atoms with Crippen LogP contribution in [-0.4, -0.2) is 27.6 Å². The summed E-state index contributed by atoms with van der Waals surface area (Å²) < 4.78 is 0. The second-order valence-electron chi connectivity index (χ2n) is 4.39. The van der Waals surface area contributed by atoms with Crippen molar-refractivity contribution in [3.63, 3.8) is 0 Å². The first-order valence-electron chi connectivity index (χ1n) is 6.38. The highest BCUT2D eigenvalue weighted by atomic mass is 32.1. The molecule has 2 heterocycles. The van der Waals surface area contributed by atoms with Gasteiger partial charge in [0.1, 0.15) is 11.6 Å². The van der Waals surface area contributed by atoms with E-state index in [-0.39, 0.29) is 18.6 Å². The average Bonchev–Trinajstić information content (AvgIpc) is 2.92. The molecular weight excluding hydrogens is 286 g/mol. The highest BCUT2D eigenvalue weighted by molar-refractivity contribution is 7.11. The van der Waals surface area contributed by atoms with Gasteiger partial charge in [0.15, 0.2) is 0 Å². The van der Waals surface area contributed by atoms with Gasteiger partial charge in [-0.05, 0) is 19.9 Å². The Kier molecular flexibility index (Phi) is 5.04. The van der Waals surface area contributed by atoms with Crippen LogP contribution >= 0.6 is 11.3 Å². The van der Waals surface area contributed by atoms with E-state index in [1.54, 1.807) is 23.6 Å². The summed E-state index contributed by atoms with van der Waals surface area (Å²) in [4.78, 5) is 21.6. The zero-order chi connectivity index (χ0) is 15.2. The summed E-state index contributed by atoms with van der Waals surface area (Å²) in [6, 6.07) is 1.43. The molecule has 0 radical (unpaired) electrons. The van der Waals surface area contributed by atoms with Crippen LogP contribution in [-0.2, 0) is 0 Å². The van der Waals surface area contributed by atoms with Gasteiger partial charge in [-0.2, -0.15) is 0 Å². The molecule has 6 heteroatoms. The average molecular weight is 301 g/mol. The Hall–Kier alpha value is -2.23. The molecule has 0 spiro atoms. The molecule has 21 heavy (non-hydrogen) atoms. The molecule has 1 unspecified atom stereocenters. The standard InChI is InChI=1S/C15H15N3O2S/c1-10-8-17-15(21-10)11(2)18-14(20)13-5-6-16-9-12(13)4-3-7-19/h5-6,8-9,11,19H,7H2,1-2H3,(H,18,20). The van der Waals surface area contributed by atoms with Crippen LogP contribution in [0.2, 0.25) is 0 Å². The normalized spacial score (nSPS) is 11.4. The van der Waals surface area contributed by atoms with Gasteiger partial charge < -0.3 is 10.4 Å². The number of hydrogen-bond acceptors (Lipinski definition) is 5. The summed E-state index contributed by atoms with van der Waals surface area (Å²) in [6.07, 6.45) is 4.83. The number of nitrogens with one attached hydrogen (secondary N) is 1. The lowest BCUT2D eigenvalue weighted by atomic mass is 10.1. The van der Waals surface area contributed by atoms with E-state index in [1.807, 2.05) is 13.8 Å². The van der Waals surface area contributed by atoms with E-state index >= 15 is 0 Å². The number of rotatable bonds is 3. The fourth-order valence-electron chi connectivity index (χ4n) is 1.74. The second-order valence-corrected chi connectivity index (χ2v) is 5.65. The van der Waals surface area contributed by atoms with E-state index in [0.29, 0.717) is 11.1 Å². The molecule has 2 aromatic heterocycles. The van der Waals surface area contributed by atoms with E-state index in [2.05, 4.69) is 27.1 Å². The van der Waals surface area contributed by atoms with Crippen molar-refractivity contribution < 1.29 is 9.90 Å². The molecule has 0 bridgehead atoms. The number of thiazole rings is 1. The van der Waals surface area contributed by atoms with Crippen molar-refractivity contribution in [1.29, 1.82) is 0 Å². The fraction of sp³-hybridized carbons (Fsp3) is 0.267. The van der Waals surface area contributed by atoms with Gasteiger partial charge in [-0.15, -0.1) is 11.3 Å². The monoisotopic (exact) mass is 301 g/mol. The van der Waals surface area contributed by atoms with Gasteiger partial charge in [-0.25, -0.2) is 4.98 Å². The van der Waals surface area contributed by atoms with Gasteiger partial charge in [0.05, 0.1) is 17.2 Å². The van der Waals surface area contributed by atoms with Gasteiger partial charge in [0.2, 0.25) is 0 Å². The van der Waals surface area contributed by atoms with Crippen LogP contribution in [0.25, 0.3) is 0 Å². The van der Waals surface area contributed by atoms with Crippen LogP contribution in [0, 0.1) is 18.8 Å². The molecule has 0 aromatic carbocycles. The van der Waals surface area contributed by atoms with Gasteiger partial charge in [-0.1, -0.05) is 11.8 Å². The maximum atomic E-state index is 12.3. The van der Waals surface area contributed by atoms with Crippen molar-refractivity contribution in [3.8, 4) is 11.8 Å². The third-order valence-corrected chi connectivity index (χ3v) is 3.82. The third kappa shape index (κ3) is 3.88. The number of nitrogens with zero attached hydrogens (tertiary/aromatic N) is 2. The van der Waals surface area contributed by atoms with Gasteiger partial charge >= 0.3 is 0 Å². The molecule has 2 aromatic rings. The van der Waals surface area contributed by atoms with E-state index in [9.17, 15) is 4.79 Å². The molecule has 0 saturated heterocycles. The minimum absolute atomic E-state index is 0.178. The van der Waals surface area contributed by atoms with Crippen LogP contribution in [0.15, 0.2) is 24.7 Å². The predicted octanol–water partition coefficient (Wildman–Crippen LogP) is 1.68. The first-order chi connectivity index (χ1) is 10.1. The van der Waals surface area contributed by atoms with Crippen LogP contribution in [0.1, 0.15) is 38.8 Å². The fourth-order valence-corrected chi connectivity index (χ4v) is 2.51. The highest BCUT2D eigenvalue weighted by Gasteiger charge is 2.16. The lowest BCUT2D eigenvalue weighted by Gasteiger charge is -2.12. The Morgan fingerprint density at radius 1 is 1.52 bits per heavy atom. The summed E-state index contributed by atoms with van der Waals surface area (Å²) >= 11 is 1.55. The molecule has 1 atom stereocenters. The van der Waals surface area contributed by atoms with Crippen molar-refractivity contribution >= 4 is 17.2 Å². The lowest BCUT2D eigenvalue weighted by molar-refractivity contribution is 0.0939. The largest absolute Gasteiger partial charge is 0.384 e. The van der Waals surface area contributed by atoms with Crippen LogP contribution in [0.5, 0.6) is 0 Å². The zero-order valence-electron chi connectivity index (χ0n) is 11.8.